The van der Waals surface area contributed by atoms with E-state index in [0.717, 1.165) is 18.0 Å². The summed E-state index contributed by atoms with van der Waals surface area (Å²) >= 11 is 0. The first-order valence-electron chi connectivity index (χ1n) is 9.07. The van der Waals surface area contributed by atoms with Crippen LogP contribution in [0.2, 0.25) is 0 Å². The van der Waals surface area contributed by atoms with Gasteiger partial charge in [0.2, 0.25) is 0 Å². The average Bonchev–Trinajstić information content (AvgIpc) is 2.67. The maximum absolute atomic E-state index is 12.3. The molecule has 7 nitrogen and oxygen atoms in total. The smallest absolute Gasteiger partial charge is 0.404 e. The molecule has 2 heterocycles. The van der Waals surface area contributed by atoms with E-state index < -0.39 is 12.7 Å². The van der Waals surface area contributed by atoms with Gasteiger partial charge in [-0.15, -0.1) is 0 Å². The predicted octanol–water partition coefficient (Wildman–Crippen LogP) is 3.48. The number of hydrogen-bond donors (Lipinski definition) is 5. The second-order valence-electron chi connectivity index (χ2n) is 6.74. The van der Waals surface area contributed by atoms with Crippen molar-refractivity contribution < 1.29 is 13.2 Å². The third-order valence-electron chi connectivity index (χ3n) is 4.04. The number of pyridine rings is 2. The fourth-order valence-electron chi connectivity index (χ4n) is 2.49. The number of hydrogen-bond acceptors (Lipinski definition) is 7. The third kappa shape index (κ3) is 6.50. The summed E-state index contributed by atoms with van der Waals surface area (Å²) in [6.07, 6.45) is 2.39. The van der Waals surface area contributed by atoms with Crippen molar-refractivity contribution in [3.05, 3.63) is 59.8 Å². The molecule has 160 valence electrons. The topological polar surface area (TPSA) is 126 Å². The minimum absolute atomic E-state index is 0.198. The van der Waals surface area contributed by atoms with Crippen molar-refractivity contribution in [1.82, 2.24) is 15.3 Å². The van der Waals surface area contributed by atoms with Gasteiger partial charge in [-0.1, -0.05) is 13.8 Å². The van der Waals surface area contributed by atoms with Gasteiger partial charge in [-0.05, 0) is 42.0 Å². The molecule has 2 aromatic rings. The van der Waals surface area contributed by atoms with Crippen molar-refractivity contribution in [1.29, 1.82) is 5.41 Å². The number of halogens is 3. The highest BCUT2D eigenvalue weighted by atomic mass is 19.4. The Morgan fingerprint density at radius 2 is 2.00 bits per heavy atom. The number of anilines is 1. The zero-order valence-electron chi connectivity index (χ0n) is 16.6. The number of nitrogens with zero attached hydrogens (tertiary/aromatic N) is 2. The minimum Gasteiger partial charge on any atom is -0.404 e. The fourth-order valence-corrected chi connectivity index (χ4v) is 2.49. The summed E-state index contributed by atoms with van der Waals surface area (Å²) in [5, 5.41) is 12.6. The van der Waals surface area contributed by atoms with E-state index in [2.05, 4.69) is 20.6 Å². The molecule has 0 bridgehead atoms. The first kappa shape index (κ1) is 22.7. The second kappa shape index (κ2) is 9.77. The normalized spacial score (nSPS) is 13.6. The van der Waals surface area contributed by atoms with Crippen molar-refractivity contribution in [2.24, 2.45) is 17.4 Å². The van der Waals surface area contributed by atoms with E-state index in [-0.39, 0.29) is 11.5 Å². The van der Waals surface area contributed by atoms with Crippen LogP contribution in [0.3, 0.4) is 0 Å². The Hall–Kier alpha value is -3.56. The summed E-state index contributed by atoms with van der Waals surface area (Å²) < 4.78 is 36.9. The number of allylic oxidation sites excluding steroid dienone is 3. The number of alkyl halides is 3. The monoisotopic (exact) mass is 419 g/mol. The molecule has 0 fully saturated rings. The first-order valence-corrected chi connectivity index (χ1v) is 9.07. The van der Waals surface area contributed by atoms with Crippen molar-refractivity contribution in [3.63, 3.8) is 0 Å². The van der Waals surface area contributed by atoms with Gasteiger partial charge in [0.05, 0.1) is 11.0 Å². The van der Waals surface area contributed by atoms with E-state index in [9.17, 15) is 13.2 Å². The number of nitrogens with one attached hydrogen (secondary N) is 3. The lowest BCUT2D eigenvalue weighted by molar-refractivity contribution is -0.122. The lowest BCUT2D eigenvalue weighted by atomic mass is 10.0. The molecule has 10 heteroatoms. The van der Waals surface area contributed by atoms with E-state index in [1.807, 2.05) is 13.8 Å². The molecule has 0 atom stereocenters. The average molecular weight is 419 g/mol. The van der Waals surface area contributed by atoms with Crippen LogP contribution in [0.25, 0.3) is 16.6 Å². The van der Waals surface area contributed by atoms with Gasteiger partial charge < -0.3 is 27.5 Å². The standard InChI is InChI=1S/C20H24F3N7/c1-12(2)13(7-24)6-18(26)30-19-4-3-16-17(29-19)5-14(10-28-16)15(8-25)9-27-11-20(21,22)23/h3-10,12,25,27H,11,24,26H2,1-2H3,(H,29,30)/b13-7+,15-9+,18-6+,25-8?. The van der Waals surface area contributed by atoms with E-state index in [0.29, 0.717) is 28.2 Å². The number of nitrogens with two attached hydrogens (primary N) is 2. The molecule has 0 saturated heterocycles. The molecule has 2 rings (SSSR count). The fraction of sp³-hybridized carbons (Fsp3) is 0.250. The Balaban J connectivity index is 2.28. The Labute approximate surface area is 172 Å². The van der Waals surface area contributed by atoms with Crippen molar-refractivity contribution in [3.8, 4) is 0 Å². The summed E-state index contributed by atoms with van der Waals surface area (Å²) in [7, 11) is 0. The van der Waals surface area contributed by atoms with Crippen LogP contribution in [-0.4, -0.2) is 28.9 Å². The molecule has 7 N–H and O–H groups in total. The molecular formula is C20H24F3N7. The molecule has 0 amide bonds. The number of aromatic nitrogens is 2. The van der Waals surface area contributed by atoms with Gasteiger partial charge in [0.25, 0.3) is 0 Å². The van der Waals surface area contributed by atoms with Gasteiger partial charge in [-0.3, -0.25) is 4.98 Å². The van der Waals surface area contributed by atoms with Crippen LogP contribution >= 0.6 is 0 Å². The summed E-state index contributed by atoms with van der Waals surface area (Å²) in [5.41, 5.74) is 14.2. The Bertz CT molecular complexity index is 992. The van der Waals surface area contributed by atoms with Crippen molar-refractivity contribution in [2.75, 3.05) is 11.9 Å². The van der Waals surface area contributed by atoms with Gasteiger partial charge >= 0.3 is 6.18 Å². The molecule has 0 aromatic carbocycles. The molecule has 0 unspecified atom stereocenters. The molecule has 0 saturated carbocycles. The van der Waals surface area contributed by atoms with Crippen LogP contribution in [0, 0.1) is 11.3 Å². The van der Waals surface area contributed by atoms with E-state index in [1.165, 1.54) is 12.4 Å². The van der Waals surface area contributed by atoms with Crippen LogP contribution in [0.5, 0.6) is 0 Å². The maximum atomic E-state index is 12.3. The molecule has 2 aromatic heterocycles. The summed E-state index contributed by atoms with van der Waals surface area (Å²) in [5.74, 6) is 1.02. The number of fused-ring (bicyclic) bond motifs is 1. The summed E-state index contributed by atoms with van der Waals surface area (Å²) in [4.78, 5) is 8.70. The summed E-state index contributed by atoms with van der Waals surface area (Å²) in [6.45, 7) is 2.78. The molecule has 0 aliphatic carbocycles. The van der Waals surface area contributed by atoms with Gasteiger partial charge in [-0.2, -0.15) is 13.2 Å². The van der Waals surface area contributed by atoms with Crippen molar-refractivity contribution in [2.45, 2.75) is 20.0 Å². The lowest BCUT2D eigenvalue weighted by Gasteiger charge is -2.11. The molecule has 30 heavy (non-hydrogen) atoms. The number of rotatable bonds is 8. The van der Waals surface area contributed by atoms with Crippen LogP contribution in [0.1, 0.15) is 19.4 Å². The van der Waals surface area contributed by atoms with E-state index in [4.69, 9.17) is 16.9 Å². The van der Waals surface area contributed by atoms with Gasteiger partial charge in [0.15, 0.2) is 0 Å². The third-order valence-corrected chi connectivity index (χ3v) is 4.04. The second-order valence-corrected chi connectivity index (χ2v) is 6.74. The molecule has 0 spiro atoms. The molecule has 0 aliphatic heterocycles. The van der Waals surface area contributed by atoms with Crippen LogP contribution in [0.15, 0.2) is 54.3 Å². The van der Waals surface area contributed by atoms with Crippen LogP contribution in [-0.2, 0) is 0 Å². The highest BCUT2D eigenvalue weighted by Gasteiger charge is 2.25. The van der Waals surface area contributed by atoms with Gasteiger partial charge in [0, 0.05) is 29.7 Å². The maximum Gasteiger partial charge on any atom is 0.405 e. The van der Waals surface area contributed by atoms with Gasteiger partial charge in [-0.25, -0.2) is 4.98 Å². The Kier molecular flexibility index (Phi) is 7.40. The molecule has 0 aliphatic rings. The van der Waals surface area contributed by atoms with Crippen LogP contribution in [0.4, 0.5) is 19.0 Å². The van der Waals surface area contributed by atoms with E-state index >= 15 is 0 Å². The lowest BCUT2D eigenvalue weighted by Crippen LogP contribution is -2.25. The largest absolute Gasteiger partial charge is 0.405 e. The highest BCUT2D eigenvalue weighted by molar-refractivity contribution is 6.08. The Morgan fingerprint density at radius 1 is 1.27 bits per heavy atom. The quantitative estimate of drug-likeness (QED) is 0.329. The van der Waals surface area contributed by atoms with Crippen LogP contribution < -0.4 is 22.1 Å². The predicted molar refractivity (Wildman–Crippen MR) is 113 cm³/mol. The van der Waals surface area contributed by atoms with E-state index in [1.54, 1.807) is 24.3 Å². The highest BCUT2D eigenvalue weighted by Crippen LogP contribution is 2.20. The minimum atomic E-state index is -4.35. The van der Waals surface area contributed by atoms with Gasteiger partial charge in [0.1, 0.15) is 18.2 Å². The zero-order valence-corrected chi connectivity index (χ0v) is 16.6. The summed E-state index contributed by atoms with van der Waals surface area (Å²) in [6, 6.07) is 5.08. The SMILES string of the molecule is CC(C)C(=C/N)/C=C(\N)Nc1ccc2ncc(/C(C=N)=C/NCC(F)(F)F)cc2n1. The van der Waals surface area contributed by atoms with Crippen molar-refractivity contribution >= 4 is 28.6 Å². The molecular weight excluding hydrogens is 395 g/mol. The zero-order chi connectivity index (χ0) is 22.3. The first-order chi connectivity index (χ1) is 14.1. The Morgan fingerprint density at radius 3 is 2.60 bits per heavy atom. The molecule has 0 radical (unpaired) electrons.